The van der Waals surface area contributed by atoms with Crippen LogP contribution in [-0.2, 0) is 16.6 Å². The summed E-state index contributed by atoms with van der Waals surface area (Å²) in [5, 5.41) is 10.7. The molecule has 1 aromatic heterocycles. The second kappa shape index (κ2) is 7.98. The Hall–Kier alpha value is -2.68. The van der Waals surface area contributed by atoms with Gasteiger partial charge in [-0.1, -0.05) is 12.1 Å². The molecule has 6 nitrogen and oxygen atoms in total. The van der Waals surface area contributed by atoms with Crippen LogP contribution in [0.25, 0.3) is 22.0 Å². The number of hydrogen-bond acceptors (Lipinski definition) is 3. The van der Waals surface area contributed by atoms with Gasteiger partial charge in [0.1, 0.15) is 11.6 Å². The van der Waals surface area contributed by atoms with Crippen molar-refractivity contribution in [1.82, 2.24) is 8.87 Å². The Labute approximate surface area is 169 Å². The molecule has 0 atom stereocenters. The van der Waals surface area contributed by atoms with E-state index in [0.717, 1.165) is 26.5 Å². The summed E-state index contributed by atoms with van der Waals surface area (Å²) in [5.41, 5.74) is 6.61. The van der Waals surface area contributed by atoms with Crippen molar-refractivity contribution < 1.29 is 23.6 Å². The molecule has 0 bridgehead atoms. The number of rotatable bonds is 6. The van der Waals surface area contributed by atoms with Gasteiger partial charge >= 0.3 is 0 Å². The van der Waals surface area contributed by atoms with Gasteiger partial charge in [-0.05, 0) is 42.8 Å². The third-order valence-corrected chi connectivity index (χ3v) is 6.69. The Balaban J connectivity index is 2.27. The average Bonchev–Trinajstić information content (AvgIpc) is 2.92. The summed E-state index contributed by atoms with van der Waals surface area (Å²) in [4.78, 5) is 0.170. The molecule has 0 aliphatic rings. The molecule has 0 aliphatic heterocycles. The van der Waals surface area contributed by atoms with E-state index in [1.807, 2.05) is 17.6 Å². The number of fused-ring (bicyclic) bond motifs is 1. The molecule has 2 aromatic carbocycles. The third kappa shape index (κ3) is 3.91. The Bertz CT molecular complexity index is 1200. The van der Waals surface area contributed by atoms with Gasteiger partial charge in [0.05, 0.1) is 18.0 Å². The van der Waals surface area contributed by atoms with Gasteiger partial charge < -0.3 is 15.4 Å². The second-order valence-corrected chi connectivity index (χ2v) is 9.15. The maximum absolute atomic E-state index is 14.3. The van der Waals surface area contributed by atoms with Crippen LogP contribution < -0.4 is 5.73 Å². The van der Waals surface area contributed by atoms with E-state index in [1.54, 1.807) is 36.4 Å². The molecular formula is C21H25FN3O3S+. The first-order valence-corrected chi connectivity index (χ1v) is 10.6. The topological polar surface area (TPSA) is 90.2 Å². The maximum atomic E-state index is 14.3. The Morgan fingerprint density at radius 2 is 1.97 bits per heavy atom. The van der Waals surface area contributed by atoms with Gasteiger partial charge in [-0.3, -0.25) is 0 Å². The summed E-state index contributed by atoms with van der Waals surface area (Å²) in [6.45, 7) is 2.25. The van der Waals surface area contributed by atoms with Gasteiger partial charge in [0.2, 0.25) is 10.0 Å². The lowest BCUT2D eigenvalue weighted by molar-refractivity contribution is -0.353. The van der Waals surface area contributed by atoms with E-state index in [1.165, 1.54) is 20.2 Å². The van der Waals surface area contributed by atoms with Gasteiger partial charge in [0.25, 0.3) is 0 Å². The molecule has 8 heteroatoms. The summed E-state index contributed by atoms with van der Waals surface area (Å²) >= 11 is 0. The highest BCUT2D eigenvalue weighted by molar-refractivity contribution is 7.89. The number of nitrogens with zero attached hydrogens (tertiary/aromatic N) is 2. The lowest BCUT2D eigenvalue weighted by Crippen LogP contribution is -2.49. The van der Waals surface area contributed by atoms with Gasteiger partial charge in [0.15, 0.2) is 0 Å². The fourth-order valence-electron chi connectivity index (χ4n) is 3.43. The Morgan fingerprint density at radius 1 is 1.24 bits per heavy atom. The van der Waals surface area contributed by atoms with E-state index < -0.39 is 10.0 Å². The summed E-state index contributed by atoms with van der Waals surface area (Å²) in [5.74, 6) is -0.217. The largest absolute Gasteiger partial charge is 0.508 e. The number of aromatic nitrogens is 1. The molecule has 1 heterocycles. The predicted octanol–water partition coefficient (Wildman–Crippen LogP) is 2.67. The van der Waals surface area contributed by atoms with Gasteiger partial charge in [-0.15, -0.1) is 0 Å². The Morgan fingerprint density at radius 3 is 2.62 bits per heavy atom. The predicted molar refractivity (Wildman–Crippen MR) is 112 cm³/mol. The van der Waals surface area contributed by atoms with Crippen LogP contribution in [0.15, 0.2) is 59.3 Å². The molecule has 3 rings (SSSR count). The summed E-state index contributed by atoms with van der Waals surface area (Å²) in [7, 11) is -0.638. The smallest absolute Gasteiger partial charge is 0.242 e. The zero-order chi connectivity index (χ0) is 21.3. The molecule has 0 amide bonds. The zero-order valence-electron chi connectivity index (χ0n) is 16.7. The first kappa shape index (κ1) is 21.0. The Kier molecular flexibility index (Phi) is 5.79. The van der Waals surface area contributed by atoms with Crippen molar-refractivity contribution in [3.63, 3.8) is 0 Å². The number of sulfonamides is 1. The fourth-order valence-corrected chi connectivity index (χ4v) is 4.38. The molecule has 4 N–H and O–H groups in total. The SMILES string of the molecule is Cc1c(-c2cccc(S(=O)(=O)N(C)C)c2)c2cc(O)ccc2n1C/C(F)=C/C[NH3+]. The van der Waals surface area contributed by atoms with Gasteiger partial charge in [-0.2, -0.15) is 0 Å². The number of aromatic hydroxyl groups is 1. The summed E-state index contributed by atoms with van der Waals surface area (Å²) < 4.78 is 42.4. The minimum absolute atomic E-state index is 0.0400. The normalized spacial score (nSPS) is 12.8. The van der Waals surface area contributed by atoms with Crippen molar-refractivity contribution in [3.8, 4) is 16.9 Å². The van der Waals surface area contributed by atoms with Gasteiger partial charge in [0, 0.05) is 42.3 Å². The van der Waals surface area contributed by atoms with Crippen LogP contribution in [0.4, 0.5) is 4.39 Å². The van der Waals surface area contributed by atoms with Crippen molar-refractivity contribution in [3.05, 3.63) is 60.1 Å². The van der Waals surface area contributed by atoms with E-state index in [-0.39, 0.29) is 23.0 Å². The molecule has 154 valence electrons. The number of hydrogen-bond donors (Lipinski definition) is 2. The standard InChI is InChI=1S/C21H24FN3O3S/c1-14-21(15-5-4-6-18(11-15)29(27,28)24(2)3)19-12-17(26)7-8-20(19)25(14)13-16(22)9-10-23/h4-9,11-12,26H,10,13,23H2,1-3H3/p+1/b16-9-. The monoisotopic (exact) mass is 418 g/mol. The molecular weight excluding hydrogens is 393 g/mol. The number of benzene rings is 2. The number of phenolic OH excluding ortho intramolecular Hbond substituents is 1. The van der Waals surface area contributed by atoms with Crippen LogP contribution in [0.1, 0.15) is 5.69 Å². The van der Waals surface area contributed by atoms with Gasteiger partial charge in [-0.25, -0.2) is 17.1 Å². The third-order valence-electron chi connectivity index (χ3n) is 4.88. The fraction of sp³-hybridized carbons (Fsp3) is 0.238. The molecule has 29 heavy (non-hydrogen) atoms. The van der Waals surface area contributed by atoms with Crippen LogP contribution in [0.3, 0.4) is 0 Å². The molecule has 0 radical (unpaired) electrons. The lowest BCUT2D eigenvalue weighted by atomic mass is 10.0. The van der Waals surface area contributed by atoms with Crippen molar-refractivity contribution in [2.45, 2.75) is 18.4 Å². The summed E-state index contributed by atoms with van der Waals surface area (Å²) in [6.07, 6.45) is 1.43. The molecule has 0 spiro atoms. The number of quaternary nitrogens is 1. The minimum Gasteiger partial charge on any atom is -0.508 e. The number of allylic oxidation sites excluding steroid dienone is 1. The average molecular weight is 419 g/mol. The summed E-state index contributed by atoms with van der Waals surface area (Å²) in [6, 6.07) is 11.5. The molecule has 0 unspecified atom stereocenters. The van der Waals surface area contributed by atoms with E-state index in [9.17, 15) is 17.9 Å². The lowest BCUT2D eigenvalue weighted by Gasteiger charge is -2.13. The van der Waals surface area contributed by atoms with Crippen LogP contribution >= 0.6 is 0 Å². The van der Waals surface area contributed by atoms with Crippen LogP contribution in [0, 0.1) is 6.92 Å². The van der Waals surface area contributed by atoms with Crippen molar-refractivity contribution >= 4 is 20.9 Å². The van der Waals surface area contributed by atoms with Crippen molar-refractivity contribution in [1.29, 1.82) is 0 Å². The minimum atomic E-state index is -3.60. The van der Waals surface area contributed by atoms with E-state index >= 15 is 0 Å². The highest BCUT2D eigenvalue weighted by Crippen LogP contribution is 2.37. The van der Waals surface area contributed by atoms with Crippen molar-refractivity contribution in [2.24, 2.45) is 0 Å². The molecule has 3 aromatic rings. The van der Waals surface area contributed by atoms with Crippen LogP contribution in [0.5, 0.6) is 5.75 Å². The number of halogens is 1. The highest BCUT2D eigenvalue weighted by Gasteiger charge is 2.21. The van der Waals surface area contributed by atoms with Crippen LogP contribution in [-0.4, -0.2) is 43.0 Å². The first-order valence-electron chi connectivity index (χ1n) is 9.15. The zero-order valence-corrected chi connectivity index (χ0v) is 17.5. The second-order valence-electron chi connectivity index (χ2n) is 7.00. The first-order chi connectivity index (χ1) is 13.7. The maximum Gasteiger partial charge on any atom is 0.242 e. The van der Waals surface area contributed by atoms with Crippen LogP contribution in [0.2, 0.25) is 0 Å². The quantitative estimate of drug-likeness (QED) is 0.645. The van der Waals surface area contributed by atoms with Crippen molar-refractivity contribution in [2.75, 3.05) is 20.6 Å². The van der Waals surface area contributed by atoms with E-state index in [4.69, 9.17) is 0 Å². The highest BCUT2D eigenvalue weighted by atomic mass is 32.2. The molecule has 0 saturated carbocycles. The van der Waals surface area contributed by atoms with E-state index in [2.05, 4.69) is 5.73 Å². The number of phenols is 1. The molecule has 0 saturated heterocycles. The van der Waals surface area contributed by atoms with E-state index in [0.29, 0.717) is 12.1 Å². The molecule has 0 fully saturated rings. The molecule has 0 aliphatic carbocycles.